The van der Waals surface area contributed by atoms with Crippen LogP contribution in [0.25, 0.3) is 11.3 Å². The standard InChI is InChI=1S/C21H23FN4/c1-25-12-10-23-21(25)15-26-11-4-6-17(14-26)20-9-3-8-19(24-20)16-5-2-7-18(22)13-16/h2-3,5,7-10,12-13,17H,4,6,11,14-15H2,1H3/t17-/m1/s1. The van der Waals surface area contributed by atoms with Gasteiger partial charge in [0.25, 0.3) is 0 Å². The second kappa shape index (κ2) is 7.38. The van der Waals surface area contributed by atoms with Crippen LogP contribution in [0.3, 0.4) is 0 Å². The largest absolute Gasteiger partial charge is 0.337 e. The van der Waals surface area contributed by atoms with E-state index in [2.05, 4.69) is 20.5 Å². The number of hydrogen-bond acceptors (Lipinski definition) is 3. The molecule has 134 valence electrons. The van der Waals surface area contributed by atoms with E-state index in [1.165, 1.54) is 6.07 Å². The molecule has 4 rings (SSSR count). The molecule has 0 aliphatic carbocycles. The lowest BCUT2D eigenvalue weighted by atomic mass is 9.94. The number of nitrogens with zero attached hydrogens (tertiary/aromatic N) is 4. The molecule has 26 heavy (non-hydrogen) atoms. The first kappa shape index (κ1) is 16.9. The van der Waals surface area contributed by atoms with Gasteiger partial charge < -0.3 is 4.57 Å². The Balaban J connectivity index is 1.52. The molecule has 5 heteroatoms. The van der Waals surface area contributed by atoms with E-state index in [4.69, 9.17) is 4.98 Å². The van der Waals surface area contributed by atoms with Gasteiger partial charge in [0.15, 0.2) is 0 Å². The van der Waals surface area contributed by atoms with Crippen molar-refractivity contribution in [2.75, 3.05) is 13.1 Å². The van der Waals surface area contributed by atoms with E-state index < -0.39 is 0 Å². The summed E-state index contributed by atoms with van der Waals surface area (Å²) >= 11 is 0. The van der Waals surface area contributed by atoms with Crippen LogP contribution < -0.4 is 0 Å². The second-order valence-corrected chi connectivity index (χ2v) is 6.99. The Hall–Kier alpha value is -2.53. The number of likely N-dealkylation sites (tertiary alicyclic amines) is 1. The number of imidazole rings is 1. The van der Waals surface area contributed by atoms with Crippen molar-refractivity contribution in [3.05, 3.63) is 72.2 Å². The zero-order chi connectivity index (χ0) is 17.9. The maximum atomic E-state index is 13.5. The van der Waals surface area contributed by atoms with E-state index in [1.807, 2.05) is 37.6 Å². The molecule has 0 unspecified atom stereocenters. The van der Waals surface area contributed by atoms with E-state index in [0.717, 1.165) is 55.3 Å². The molecule has 0 saturated carbocycles. The van der Waals surface area contributed by atoms with E-state index >= 15 is 0 Å². The minimum atomic E-state index is -0.228. The Morgan fingerprint density at radius 1 is 1.19 bits per heavy atom. The predicted molar refractivity (Wildman–Crippen MR) is 100 cm³/mol. The maximum Gasteiger partial charge on any atom is 0.123 e. The SMILES string of the molecule is Cn1ccnc1CN1CCC[C@@H](c2cccc(-c3cccc(F)c3)n2)C1. The molecule has 4 nitrogen and oxygen atoms in total. The van der Waals surface area contributed by atoms with Crippen molar-refractivity contribution in [1.29, 1.82) is 0 Å². The normalized spacial score (nSPS) is 18.2. The first-order valence-corrected chi connectivity index (χ1v) is 9.10. The molecule has 0 spiro atoms. The molecule has 1 aliphatic heterocycles. The minimum absolute atomic E-state index is 0.228. The highest BCUT2D eigenvalue weighted by Crippen LogP contribution is 2.28. The van der Waals surface area contributed by atoms with E-state index in [1.54, 1.807) is 12.1 Å². The third-order valence-electron chi connectivity index (χ3n) is 5.10. The predicted octanol–water partition coefficient (Wildman–Crippen LogP) is 4.00. The third-order valence-corrected chi connectivity index (χ3v) is 5.10. The van der Waals surface area contributed by atoms with E-state index in [0.29, 0.717) is 5.92 Å². The van der Waals surface area contributed by atoms with Gasteiger partial charge in [-0.1, -0.05) is 18.2 Å². The summed E-state index contributed by atoms with van der Waals surface area (Å²) in [5.74, 6) is 1.26. The van der Waals surface area contributed by atoms with Gasteiger partial charge in [-0.05, 0) is 43.7 Å². The molecule has 1 fully saturated rings. The monoisotopic (exact) mass is 350 g/mol. The van der Waals surface area contributed by atoms with E-state index in [-0.39, 0.29) is 5.82 Å². The number of halogens is 1. The Kier molecular flexibility index (Phi) is 4.80. The molecular weight excluding hydrogens is 327 g/mol. The lowest BCUT2D eigenvalue weighted by Crippen LogP contribution is -2.34. The summed E-state index contributed by atoms with van der Waals surface area (Å²) in [7, 11) is 2.04. The fraction of sp³-hybridized carbons (Fsp3) is 0.333. The number of hydrogen-bond donors (Lipinski definition) is 0. The molecule has 0 amide bonds. The lowest BCUT2D eigenvalue weighted by Gasteiger charge is -2.32. The quantitative estimate of drug-likeness (QED) is 0.713. The highest BCUT2D eigenvalue weighted by molar-refractivity contribution is 5.59. The number of pyridine rings is 1. The first-order chi connectivity index (χ1) is 12.7. The van der Waals surface area contributed by atoms with E-state index in [9.17, 15) is 4.39 Å². The molecule has 3 aromatic rings. The summed E-state index contributed by atoms with van der Waals surface area (Å²) in [6.07, 6.45) is 6.12. The van der Waals surface area contributed by atoms with Gasteiger partial charge in [-0.2, -0.15) is 0 Å². The molecular formula is C21H23FN4. The molecule has 3 heterocycles. The summed E-state index contributed by atoms with van der Waals surface area (Å²) in [6.45, 7) is 2.93. The Morgan fingerprint density at radius 3 is 2.88 bits per heavy atom. The van der Waals surface area contributed by atoms with Gasteiger partial charge in [0.05, 0.1) is 12.2 Å². The lowest BCUT2D eigenvalue weighted by molar-refractivity contribution is 0.192. The van der Waals surface area contributed by atoms with Crippen LogP contribution in [-0.2, 0) is 13.6 Å². The molecule has 0 bridgehead atoms. The second-order valence-electron chi connectivity index (χ2n) is 6.99. The van der Waals surface area contributed by atoms with Gasteiger partial charge in [0, 0.05) is 43.2 Å². The molecule has 1 atom stereocenters. The number of piperidine rings is 1. The van der Waals surface area contributed by atoms with Crippen LogP contribution in [0, 0.1) is 5.82 Å². The Morgan fingerprint density at radius 2 is 2.08 bits per heavy atom. The van der Waals surface area contributed by atoms with Crippen molar-refractivity contribution < 1.29 is 4.39 Å². The zero-order valence-electron chi connectivity index (χ0n) is 15.0. The van der Waals surface area contributed by atoms with Gasteiger partial charge in [0.2, 0.25) is 0 Å². The van der Waals surface area contributed by atoms with Crippen molar-refractivity contribution in [3.63, 3.8) is 0 Å². The molecule has 0 radical (unpaired) electrons. The summed E-state index contributed by atoms with van der Waals surface area (Å²) in [5, 5.41) is 0. The van der Waals surface area contributed by atoms with Gasteiger partial charge in [-0.3, -0.25) is 9.88 Å². The average molecular weight is 350 g/mol. The van der Waals surface area contributed by atoms with Crippen LogP contribution in [0.1, 0.15) is 30.3 Å². The maximum absolute atomic E-state index is 13.5. The molecule has 1 aliphatic rings. The van der Waals surface area contributed by atoms with Crippen LogP contribution in [0.5, 0.6) is 0 Å². The highest BCUT2D eigenvalue weighted by atomic mass is 19.1. The van der Waals surface area contributed by atoms with Crippen molar-refractivity contribution in [3.8, 4) is 11.3 Å². The Bertz CT molecular complexity index is 889. The number of aryl methyl sites for hydroxylation is 1. The minimum Gasteiger partial charge on any atom is -0.337 e. The molecule has 1 saturated heterocycles. The zero-order valence-corrected chi connectivity index (χ0v) is 15.0. The first-order valence-electron chi connectivity index (χ1n) is 9.10. The van der Waals surface area contributed by atoms with Crippen LogP contribution in [-0.4, -0.2) is 32.5 Å². The van der Waals surface area contributed by atoms with Crippen LogP contribution >= 0.6 is 0 Å². The molecule has 1 aromatic carbocycles. The van der Waals surface area contributed by atoms with Crippen molar-refractivity contribution >= 4 is 0 Å². The summed E-state index contributed by atoms with van der Waals surface area (Å²) < 4.78 is 15.6. The van der Waals surface area contributed by atoms with Gasteiger partial charge in [0.1, 0.15) is 11.6 Å². The smallest absolute Gasteiger partial charge is 0.123 e. The number of aromatic nitrogens is 3. The number of benzene rings is 1. The third kappa shape index (κ3) is 3.68. The number of rotatable bonds is 4. The van der Waals surface area contributed by atoms with Gasteiger partial charge >= 0.3 is 0 Å². The van der Waals surface area contributed by atoms with Crippen LogP contribution in [0.4, 0.5) is 4.39 Å². The summed E-state index contributed by atoms with van der Waals surface area (Å²) in [5.41, 5.74) is 2.76. The van der Waals surface area contributed by atoms with Gasteiger partial charge in [-0.25, -0.2) is 9.37 Å². The fourth-order valence-electron chi connectivity index (χ4n) is 3.68. The molecule has 0 N–H and O–H groups in total. The fourth-order valence-corrected chi connectivity index (χ4v) is 3.68. The average Bonchev–Trinajstić information content (AvgIpc) is 3.07. The van der Waals surface area contributed by atoms with Crippen molar-refractivity contribution in [2.24, 2.45) is 7.05 Å². The van der Waals surface area contributed by atoms with Crippen molar-refractivity contribution in [2.45, 2.75) is 25.3 Å². The summed E-state index contributed by atoms with van der Waals surface area (Å²) in [4.78, 5) is 11.7. The topological polar surface area (TPSA) is 34.0 Å². The van der Waals surface area contributed by atoms with Crippen molar-refractivity contribution in [1.82, 2.24) is 19.4 Å². The van der Waals surface area contributed by atoms with Crippen LogP contribution in [0.2, 0.25) is 0 Å². The Labute approximate surface area is 153 Å². The highest BCUT2D eigenvalue weighted by Gasteiger charge is 2.23. The molecule has 2 aromatic heterocycles. The van der Waals surface area contributed by atoms with Gasteiger partial charge in [-0.15, -0.1) is 0 Å². The van der Waals surface area contributed by atoms with Crippen LogP contribution in [0.15, 0.2) is 54.9 Å². The summed E-state index contributed by atoms with van der Waals surface area (Å²) in [6, 6.07) is 12.7.